The minimum absolute atomic E-state index is 0.694. The van der Waals surface area contributed by atoms with E-state index < -0.39 is 0 Å². The zero-order valence-electron chi connectivity index (χ0n) is 16.9. The molecule has 0 bridgehead atoms. The maximum absolute atomic E-state index is 8.96. The second-order valence-corrected chi connectivity index (χ2v) is 7.44. The first-order valence-electron chi connectivity index (χ1n) is 10.6. The Kier molecular flexibility index (Phi) is 5.45. The Bertz CT molecular complexity index is 990. The summed E-state index contributed by atoms with van der Waals surface area (Å²) in [7, 11) is 0. The van der Waals surface area contributed by atoms with E-state index in [4.69, 9.17) is 10.2 Å². The van der Waals surface area contributed by atoms with Gasteiger partial charge in [0.05, 0.1) is 22.7 Å². The van der Waals surface area contributed by atoms with E-state index >= 15 is 0 Å². The van der Waals surface area contributed by atoms with Crippen molar-refractivity contribution in [2.75, 3.05) is 13.1 Å². The summed E-state index contributed by atoms with van der Waals surface area (Å²) < 4.78 is 2.41. The first kappa shape index (κ1) is 18.7. The van der Waals surface area contributed by atoms with Crippen LogP contribution in [0.4, 0.5) is 0 Å². The molecule has 2 aromatic carbocycles. The van der Waals surface area contributed by atoms with Crippen LogP contribution >= 0.6 is 0 Å². The van der Waals surface area contributed by atoms with Crippen molar-refractivity contribution >= 4 is 11.0 Å². The Morgan fingerprint density at radius 1 is 0.964 bits per heavy atom. The maximum Gasteiger partial charge on any atom is 0.111 e. The largest absolute Gasteiger partial charge is 0.327 e. The average Bonchev–Trinajstić information content (AvgIpc) is 2.94. The van der Waals surface area contributed by atoms with Crippen molar-refractivity contribution in [2.24, 2.45) is 0 Å². The molecule has 144 valence electrons. The molecule has 5 rings (SSSR count). The molecule has 1 aromatic heterocycles. The first-order chi connectivity index (χ1) is 13.8. The Labute approximate surface area is 167 Å². The van der Waals surface area contributed by atoms with E-state index in [0.717, 1.165) is 48.7 Å². The van der Waals surface area contributed by atoms with Crippen molar-refractivity contribution in [1.82, 2.24) is 14.5 Å². The first-order valence-corrected chi connectivity index (χ1v) is 10.6. The van der Waals surface area contributed by atoms with E-state index in [2.05, 4.69) is 33.7 Å². The summed E-state index contributed by atoms with van der Waals surface area (Å²) in [5.74, 6) is 1.22. The fraction of sp³-hybridized carbons (Fsp3) is 0.417. The van der Waals surface area contributed by atoms with Gasteiger partial charge in [0.1, 0.15) is 5.82 Å². The van der Waals surface area contributed by atoms with Crippen molar-refractivity contribution in [1.29, 1.82) is 5.26 Å². The monoisotopic (exact) mass is 372 g/mol. The molecule has 0 N–H and O–H groups in total. The molecule has 4 heteroatoms. The molecule has 0 radical (unpaired) electrons. The van der Waals surface area contributed by atoms with Gasteiger partial charge >= 0.3 is 0 Å². The van der Waals surface area contributed by atoms with Gasteiger partial charge in [-0.2, -0.15) is 5.26 Å². The van der Waals surface area contributed by atoms with E-state index in [-0.39, 0.29) is 0 Å². The molecule has 1 aliphatic heterocycles. The average molecular weight is 373 g/mol. The summed E-state index contributed by atoms with van der Waals surface area (Å²) in [6.45, 7) is 7.31. The third-order valence-corrected chi connectivity index (χ3v) is 6.00. The molecule has 1 saturated carbocycles. The minimum atomic E-state index is 0.694. The van der Waals surface area contributed by atoms with Gasteiger partial charge in [0.15, 0.2) is 0 Å². The summed E-state index contributed by atoms with van der Waals surface area (Å²) in [5.41, 5.74) is 5.31. The van der Waals surface area contributed by atoms with Crippen LogP contribution in [0.25, 0.3) is 22.2 Å². The smallest absolute Gasteiger partial charge is 0.111 e. The van der Waals surface area contributed by atoms with Crippen molar-refractivity contribution in [2.45, 2.75) is 52.1 Å². The van der Waals surface area contributed by atoms with Gasteiger partial charge in [-0.25, -0.2) is 4.98 Å². The molecule has 0 spiro atoms. The number of hydrogen-bond donors (Lipinski definition) is 0. The fourth-order valence-corrected chi connectivity index (χ4v) is 4.24. The van der Waals surface area contributed by atoms with Crippen LogP contribution in [-0.4, -0.2) is 33.6 Å². The third kappa shape index (κ3) is 3.43. The predicted molar refractivity (Wildman–Crippen MR) is 114 cm³/mol. The van der Waals surface area contributed by atoms with Crippen molar-refractivity contribution < 1.29 is 0 Å². The molecule has 0 saturated heterocycles. The summed E-state index contributed by atoms with van der Waals surface area (Å²) >= 11 is 0. The van der Waals surface area contributed by atoms with Crippen molar-refractivity contribution in [3.63, 3.8) is 0 Å². The van der Waals surface area contributed by atoms with Gasteiger partial charge in [-0.3, -0.25) is 4.90 Å². The highest BCUT2D eigenvalue weighted by Gasteiger charge is 2.27. The minimum Gasteiger partial charge on any atom is -0.327 e. The molecule has 2 aliphatic rings. The van der Waals surface area contributed by atoms with Crippen molar-refractivity contribution in [3.8, 4) is 17.2 Å². The third-order valence-electron chi connectivity index (χ3n) is 6.00. The Morgan fingerprint density at radius 3 is 2.39 bits per heavy atom. The molecule has 4 nitrogen and oxygen atoms in total. The summed E-state index contributed by atoms with van der Waals surface area (Å²) in [6.07, 6.45) is 5.18. The van der Waals surface area contributed by atoms with Gasteiger partial charge in [0, 0.05) is 32.1 Å². The van der Waals surface area contributed by atoms with Crippen LogP contribution in [0.2, 0.25) is 0 Å². The molecule has 0 atom stereocenters. The van der Waals surface area contributed by atoms with E-state index in [0.29, 0.717) is 5.56 Å². The second kappa shape index (κ2) is 8.16. The Balaban J connectivity index is 0.000000932. The van der Waals surface area contributed by atoms with Crippen LogP contribution in [0.15, 0.2) is 42.5 Å². The van der Waals surface area contributed by atoms with Gasteiger partial charge in [0.25, 0.3) is 0 Å². The van der Waals surface area contributed by atoms with E-state index in [9.17, 15) is 0 Å². The molecule has 1 aliphatic carbocycles. The highest BCUT2D eigenvalue weighted by Crippen LogP contribution is 2.29. The fourth-order valence-electron chi connectivity index (χ4n) is 4.24. The number of aromatic nitrogens is 2. The van der Waals surface area contributed by atoms with Crippen LogP contribution in [0.1, 0.15) is 44.5 Å². The van der Waals surface area contributed by atoms with Crippen LogP contribution < -0.4 is 0 Å². The molecule has 0 amide bonds. The summed E-state index contributed by atoms with van der Waals surface area (Å²) in [6, 6.07) is 17.3. The molecular weight excluding hydrogens is 344 g/mol. The molecule has 0 unspecified atom stereocenters. The number of hydrogen-bond acceptors (Lipinski definition) is 3. The second-order valence-electron chi connectivity index (χ2n) is 7.44. The summed E-state index contributed by atoms with van der Waals surface area (Å²) in [5, 5.41) is 8.96. The number of benzene rings is 2. The number of nitrogens with zero attached hydrogens (tertiary/aromatic N) is 4. The molecule has 2 heterocycles. The standard InChI is InChI=1S/C22H22N4.C2H6/c23-15-16-4-6-17(7-5-16)18-8-9-21-20(14-18)24-22-10-11-25(12-13-26(21)22)19-2-1-3-19;1-2/h4-9,14,19H,1-3,10-13H2;1-2H3. The van der Waals surface area contributed by atoms with Gasteiger partial charge in [0.2, 0.25) is 0 Å². The van der Waals surface area contributed by atoms with E-state index in [1.54, 1.807) is 0 Å². The van der Waals surface area contributed by atoms with Crippen LogP contribution in [0.3, 0.4) is 0 Å². The van der Waals surface area contributed by atoms with Gasteiger partial charge in [-0.05, 0) is 48.2 Å². The van der Waals surface area contributed by atoms with Gasteiger partial charge in [-0.1, -0.05) is 38.5 Å². The van der Waals surface area contributed by atoms with Crippen molar-refractivity contribution in [3.05, 3.63) is 53.9 Å². The lowest BCUT2D eigenvalue weighted by Gasteiger charge is -2.36. The van der Waals surface area contributed by atoms with Crippen LogP contribution in [0.5, 0.6) is 0 Å². The highest BCUT2D eigenvalue weighted by molar-refractivity contribution is 5.82. The molecule has 28 heavy (non-hydrogen) atoms. The Hall–Kier alpha value is -2.64. The van der Waals surface area contributed by atoms with Gasteiger partial charge < -0.3 is 4.57 Å². The van der Waals surface area contributed by atoms with Crippen LogP contribution in [-0.2, 0) is 13.0 Å². The summed E-state index contributed by atoms with van der Waals surface area (Å²) in [4.78, 5) is 7.62. The number of fused-ring (bicyclic) bond motifs is 3. The Morgan fingerprint density at radius 2 is 1.71 bits per heavy atom. The molecule has 1 fully saturated rings. The van der Waals surface area contributed by atoms with E-state index in [1.807, 2.05) is 38.1 Å². The quantitative estimate of drug-likeness (QED) is 0.635. The predicted octanol–water partition coefficient (Wildman–Crippen LogP) is 5.01. The highest BCUT2D eigenvalue weighted by atomic mass is 15.2. The maximum atomic E-state index is 8.96. The number of imidazole rings is 1. The lowest BCUT2D eigenvalue weighted by atomic mass is 9.91. The molecular formula is C24H28N4. The molecule has 3 aromatic rings. The normalized spacial score (nSPS) is 17.0. The number of nitriles is 1. The SMILES string of the molecule is CC.N#Cc1ccc(-c2ccc3c(c2)nc2n3CCN(C3CCC3)CC2)cc1. The topological polar surface area (TPSA) is 44.9 Å². The lowest BCUT2D eigenvalue weighted by molar-refractivity contribution is 0.130. The van der Waals surface area contributed by atoms with Gasteiger partial charge in [-0.15, -0.1) is 0 Å². The van der Waals surface area contributed by atoms with Crippen LogP contribution in [0, 0.1) is 11.3 Å². The zero-order valence-corrected chi connectivity index (χ0v) is 16.9. The zero-order chi connectivity index (χ0) is 19.5. The number of rotatable bonds is 2. The van der Waals surface area contributed by atoms with E-state index in [1.165, 1.54) is 30.6 Å². The lowest BCUT2D eigenvalue weighted by Crippen LogP contribution is -2.41.